The van der Waals surface area contributed by atoms with E-state index >= 15 is 0 Å². The van der Waals surface area contributed by atoms with E-state index in [1.54, 1.807) is 0 Å². The number of rotatable bonds is 2. The summed E-state index contributed by atoms with van der Waals surface area (Å²) in [5, 5.41) is 9.28. The van der Waals surface area contributed by atoms with Crippen molar-refractivity contribution in [2.24, 2.45) is 0 Å². The Labute approximate surface area is 121 Å². The first-order valence-electron chi connectivity index (χ1n) is 6.64. The van der Waals surface area contributed by atoms with Crippen LogP contribution in [0.15, 0.2) is 30.6 Å². The lowest BCUT2D eigenvalue weighted by Gasteiger charge is -2.24. The van der Waals surface area contributed by atoms with Gasteiger partial charge in [0.05, 0.1) is 17.4 Å². The molecule has 0 amide bonds. The standard InChI is InChI=1S/C15H16N4O2/c1-15(2,3)19-10-7-5-4-6-9(10)18-13(19)11-12(14(20)21)17-8-16-11/h4-8H,1-3H3,(H,16,17)(H,20,21). The van der Waals surface area contributed by atoms with Crippen LogP contribution in [-0.4, -0.2) is 30.6 Å². The van der Waals surface area contributed by atoms with Gasteiger partial charge in [-0.05, 0) is 32.9 Å². The third-order valence-electron chi connectivity index (χ3n) is 3.30. The number of carbonyl (C=O) groups is 1. The largest absolute Gasteiger partial charge is 0.477 e. The van der Waals surface area contributed by atoms with Crippen molar-refractivity contribution >= 4 is 17.0 Å². The summed E-state index contributed by atoms with van der Waals surface area (Å²) < 4.78 is 2.02. The van der Waals surface area contributed by atoms with Gasteiger partial charge >= 0.3 is 5.97 Å². The molecule has 0 aliphatic rings. The van der Waals surface area contributed by atoms with Crippen molar-refractivity contribution in [1.29, 1.82) is 0 Å². The molecule has 1 aromatic carbocycles. The number of imidazole rings is 2. The van der Waals surface area contributed by atoms with E-state index in [-0.39, 0.29) is 11.2 Å². The molecule has 108 valence electrons. The van der Waals surface area contributed by atoms with E-state index in [9.17, 15) is 9.90 Å². The Kier molecular flexibility index (Phi) is 2.83. The van der Waals surface area contributed by atoms with Gasteiger partial charge in [0, 0.05) is 5.54 Å². The normalized spacial score (nSPS) is 12.0. The molecule has 0 atom stereocenters. The van der Waals surface area contributed by atoms with Crippen molar-refractivity contribution in [3.63, 3.8) is 0 Å². The van der Waals surface area contributed by atoms with E-state index in [4.69, 9.17) is 0 Å². The van der Waals surface area contributed by atoms with Gasteiger partial charge in [-0.3, -0.25) is 0 Å². The minimum atomic E-state index is -1.05. The molecule has 2 heterocycles. The number of hydrogen-bond donors (Lipinski definition) is 2. The lowest BCUT2D eigenvalue weighted by atomic mass is 10.1. The highest BCUT2D eigenvalue weighted by Gasteiger charge is 2.26. The topological polar surface area (TPSA) is 83.8 Å². The monoisotopic (exact) mass is 284 g/mol. The average Bonchev–Trinajstić information content (AvgIpc) is 3.01. The van der Waals surface area contributed by atoms with Gasteiger partial charge in [0.15, 0.2) is 11.5 Å². The SMILES string of the molecule is CC(C)(C)n1c(-c2nc[nH]c2C(=O)O)nc2ccccc21. The first kappa shape index (κ1) is 13.4. The molecular formula is C15H16N4O2. The van der Waals surface area contributed by atoms with Crippen LogP contribution >= 0.6 is 0 Å². The van der Waals surface area contributed by atoms with Crippen LogP contribution in [0.25, 0.3) is 22.6 Å². The molecule has 21 heavy (non-hydrogen) atoms. The van der Waals surface area contributed by atoms with Crippen molar-refractivity contribution in [3.8, 4) is 11.5 Å². The van der Waals surface area contributed by atoms with E-state index in [2.05, 4.69) is 35.7 Å². The Morgan fingerprint density at radius 2 is 2.00 bits per heavy atom. The molecule has 3 aromatic rings. The van der Waals surface area contributed by atoms with Gasteiger partial charge in [-0.25, -0.2) is 14.8 Å². The van der Waals surface area contributed by atoms with Crippen molar-refractivity contribution in [3.05, 3.63) is 36.3 Å². The first-order valence-corrected chi connectivity index (χ1v) is 6.64. The molecule has 2 N–H and O–H groups in total. The van der Waals surface area contributed by atoms with Crippen LogP contribution < -0.4 is 0 Å². The zero-order valence-corrected chi connectivity index (χ0v) is 12.1. The van der Waals surface area contributed by atoms with Gasteiger partial charge in [0.1, 0.15) is 5.69 Å². The van der Waals surface area contributed by atoms with Crippen molar-refractivity contribution in [1.82, 2.24) is 19.5 Å². The maximum atomic E-state index is 11.3. The van der Waals surface area contributed by atoms with Crippen molar-refractivity contribution in [2.45, 2.75) is 26.3 Å². The molecule has 0 saturated heterocycles. The van der Waals surface area contributed by atoms with Gasteiger partial charge in [-0.2, -0.15) is 0 Å². The second kappa shape index (κ2) is 4.44. The number of aromatic amines is 1. The number of aromatic carboxylic acids is 1. The Balaban J connectivity index is 2.37. The number of benzene rings is 1. The Morgan fingerprint density at radius 1 is 1.29 bits per heavy atom. The number of nitrogens with zero attached hydrogens (tertiary/aromatic N) is 3. The Bertz CT molecular complexity index is 824. The third kappa shape index (κ3) is 2.08. The molecule has 0 spiro atoms. The number of H-pyrrole nitrogens is 1. The predicted octanol–water partition coefficient (Wildman–Crippen LogP) is 2.88. The number of hydrogen-bond acceptors (Lipinski definition) is 3. The summed E-state index contributed by atoms with van der Waals surface area (Å²) in [7, 11) is 0. The minimum absolute atomic E-state index is 0.0517. The molecule has 0 saturated carbocycles. The highest BCUT2D eigenvalue weighted by Crippen LogP contribution is 2.31. The summed E-state index contributed by atoms with van der Waals surface area (Å²) in [5.41, 5.74) is 1.94. The maximum absolute atomic E-state index is 11.3. The summed E-state index contributed by atoms with van der Waals surface area (Å²) in [5.74, 6) is -0.489. The summed E-state index contributed by atoms with van der Waals surface area (Å²) in [6, 6.07) is 7.74. The zero-order valence-electron chi connectivity index (χ0n) is 12.1. The van der Waals surface area contributed by atoms with Crippen LogP contribution in [0.1, 0.15) is 31.3 Å². The van der Waals surface area contributed by atoms with Crippen LogP contribution in [0.3, 0.4) is 0 Å². The molecule has 6 heteroatoms. The summed E-state index contributed by atoms with van der Waals surface area (Å²) in [6.45, 7) is 6.16. The molecule has 6 nitrogen and oxygen atoms in total. The van der Waals surface area contributed by atoms with E-state index in [0.717, 1.165) is 11.0 Å². The number of carboxylic acids is 1. The second-order valence-corrected chi connectivity index (χ2v) is 5.86. The van der Waals surface area contributed by atoms with Gasteiger partial charge in [-0.15, -0.1) is 0 Å². The molecule has 0 unspecified atom stereocenters. The van der Waals surface area contributed by atoms with E-state index < -0.39 is 5.97 Å². The molecular weight excluding hydrogens is 268 g/mol. The maximum Gasteiger partial charge on any atom is 0.354 e. The van der Waals surface area contributed by atoms with Crippen LogP contribution in [0.4, 0.5) is 0 Å². The van der Waals surface area contributed by atoms with E-state index in [1.165, 1.54) is 6.33 Å². The fraction of sp³-hybridized carbons (Fsp3) is 0.267. The highest BCUT2D eigenvalue weighted by molar-refractivity contribution is 5.93. The molecule has 0 bridgehead atoms. The number of fused-ring (bicyclic) bond motifs is 1. The number of nitrogens with one attached hydrogen (secondary N) is 1. The van der Waals surface area contributed by atoms with Crippen LogP contribution in [0.5, 0.6) is 0 Å². The molecule has 0 radical (unpaired) electrons. The minimum Gasteiger partial charge on any atom is -0.477 e. The van der Waals surface area contributed by atoms with Crippen LogP contribution in [0, 0.1) is 0 Å². The molecule has 0 aliphatic carbocycles. The van der Waals surface area contributed by atoms with E-state index in [1.807, 2.05) is 28.8 Å². The summed E-state index contributed by atoms with van der Waals surface area (Å²) in [6.07, 6.45) is 1.38. The number of carboxylic acid groups (broad SMARTS) is 1. The Morgan fingerprint density at radius 3 is 2.67 bits per heavy atom. The zero-order chi connectivity index (χ0) is 15.2. The third-order valence-corrected chi connectivity index (χ3v) is 3.30. The molecule has 3 rings (SSSR count). The average molecular weight is 284 g/mol. The van der Waals surface area contributed by atoms with Crippen LogP contribution in [-0.2, 0) is 5.54 Å². The summed E-state index contributed by atoms with van der Waals surface area (Å²) >= 11 is 0. The highest BCUT2D eigenvalue weighted by atomic mass is 16.4. The molecule has 0 aliphatic heterocycles. The van der Waals surface area contributed by atoms with E-state index in [0.29, 0.717) is 11.5 Å². The lowest BCUT2D eigenvalue weighted by Crippen LogP contribution is -2.23. The molecule has 2 aromatic heterocycles. The molecule has 0 fully saturated rings. The predicted molar refractivity (Wildman–Crippen MR) is 79.3 cm³/mol. The second-order valence-electron chi connectivity index (χ2n) is 5.86. The van der Waals surface area contributed by atoms with Gasteiger partial charge in [0.2, 0.25) is 0 Å². The fourth-order valence-corrected chi connectivity index (χ4v) is 2.49. The quantitative estimate of drug-likeness (QED) is 0.758. The van der Waals surface area contributed by atoms with Gasteiger partial charge in [-0.1, -0.05) is 12.1 Å². The van der Waals surface area contributed by atoms with Gasteiger partial charge < -0.3 is 14.7 Å². The summed E-state index contributed by atoms with van der Waals surface area (Å²) in [4.78, 5) is 22.7. The number of aromatic nitrogens is 4. The van der Waals surface area contributed by atoms with Crippen molar-refractivity contribution < 1.29 is 9.90 Å². The fourth-order valence-electron chi connectivity index (χ4n) is 2.49. The van der Waals surface area contributed by atoms with Crippen LogP contribution in [0.2, 0.25) is 0 Å². The number of para-hydroxylation sites is 2. The smallest absolute Gasteiger partial charge is 0.354 e. The Hall–Kier alpha value is -2.63. The van der Waals surface area contributed by atoms with Crippen molar-refractivity contribution in [2.75, 3.05) is 0 Å². The first-order chi connectivity index (χ1) is 9.89. The lowest BCUT2D eigenvalue weighted by molar-refractivity contribution is 0.0692. The van der Waals surface area contributed by atoms with Gasteiger partial charge in [0.25, 0.3) is 0 Å².